The third-order valence-corrected chi connectivity index (χ3v) is 4.39. The number of amides is 1. The second kappa shape index (κ2) is 6.68. The average molecular weight is 335 g/mol. The fourth-order valence-corrected chi connectivity index (χ4v) is 2.87. The zero-order valence-corrected chi connectivity index (χ0v) is 13.7. The second-order valence-electron chi connectivity index (χ2n) is 6.00. The van der Waals surface area contributed by atoms with Gasteiger partial charge in [0.2, 0.25) is 0 Å². The van der Waals surface area contributed by atoms with Crippen LogP contribution in [0.25, 0.3) is 0 Å². The molecule has 0 N–H and O–H groups in total. The lowest BCUT2D eigenvalue weighted by Gasteiger charge is -2.34. The number of aryl methyl sites for hydroxylation is 2. The summed E-state index contributed by atoms with van der Waals surface area (Å²) in [5.41, 5.74) is 2.14. The van der Waals surface area contributed by atoms with E-state index in [0.29, 0.717) is 26.2 Å². The van der Waals surface area contributed by atoms with Crippen molar-refractivity contribution in [1.29, 1.82) is 0 Å². The molecule has 0 aliphatic carbocycles. The highest BCUT2D eigenvalue weighted by Crippen LogP contribution is 2.17. The minimum atomic E-state index is -1.00. The molecule has 1 amide bonds. The SMILES string of the molecule is Cc1noc(C)c1CN1CCN(C(=O)c2ccc(F)c(F)c2)CC1. The molecule has 1 fully saturated rings. The van der Waals surface area contributed by atoms with Crippen LogP contribution >= 0.6 is 0 Å². The van der Waals surface area contributed by atoms with Gasteiger partial charge in [0.15, 0.2) is 11.6 Å². The summed E-state index contributed by atoms with van der Waals surface area (Å²) >= 11 is 0. The lowest BCUT2D eigenvalue weighted by molar-refractivity contribution is 0.0627. The number of aromatic nitrogens is 1. The molecule has 0 spiro atoms. The molecule has 0 bridgehead atoms. The molecule has 5 nitrogen and oxygen atoms in total. The number of benzene rings is 1. The number of carbonyl (C=O) groups excluding carboxylic acids is 1. The Kier molecular flexibility index (Phi) is 4.62. The molecular formula is C17H19F2N3O2. The molecule has 2 heterocycles. The summed E-state index contributed by atoms with van der Waals surface area (Å²) in [6, 6.07) is 3.25. The van der Waals surface area contributed by atoms with Crippen LogP contribution in [-0.2, 0) is 6.54 Å². The topological polar surface area (TPSA) is 49.6 Å². The summed E-state index contributed by atoms with van der Waals surface area (Å²) in [5, 5.41) is 3.95. The fraction of sp³-hybridized carbons (Fsp3) is 0.412. The quantitative estimate of drug-likeness (QED) is 0.865. The Labute approximate surface area is 138 Å². The maximum atomic E-state index is 13.3. The Morgan fingerprint density at radius 2 is 1.88 bits per heavy atom. The first-order valence-corrected chi connectivity index (χ1v) is 7.84. The number of piperazine rings is 1. The number of carbonyl (C=O) groups is 1. The smallest absolute Gasteiger partial charge is 0.254 e. The molecule has 3 rings (SSSR count). The number of nitrogens with zero attached hydrogens (tertiary/aromatic N) is 3. The van der Waals surface area contributed by atoms with Gasteiger partial charge >= 0.3 is 0 Å². The largest absolute Gasteiger partial charge is 0.361 e. The van der Waals surface area contributed by atoms with Crippen LogP contribution in [0.5, 0.6) is 0 Å². The first-order valence-electron chi connectivity index (χ1n) is 7.84. The van der Waals surface area contributed by atoms with Crippen molar-refractivity contribution in [2.45, 2.75) is 20.4 Å². The van der Waals surface area contributed by atoms with Crippen molar-refractivity contribution >= 4 is 5.91 Å². The molecule has 2 aromatic rings. The Morgan fingerprint density at radius 3 is 2.46 bits per heavy atom. The van der Waals surface area contributed by atoms with E-state index in [1.807, 2.05) is 13.8 Å². The van der Waals surface area contributed by atoms with Crippen molar-refractivity contribution in [3.05, 3.63) is 52.4 Å². The van der Waals surface area contributed by atoms with Gasteiger partial charge in [0, 0.05) is 43.9 Å². The number of hydrogen-bond donors (Lipinski definition) is 0. The van der Waals surface area contributed by atoms with Gasteiger partial charge < -0.3 is 9.42 Å². The van der Waals surface area contributed by atoms with Gasteiger partial charge in [-0.25, -0.2) is 8.78 Å². The van der Waals surface area contributed by atoms with Crippen LogP contribution < -0.4 is 0 Å². The van der Waals surface area contributed by atoms with E-state index in [0.717, 1.165) is 35.7 Å². The maximum absolute atomic E-state index is 13.3. The molecule has 0 atom stereocenters. The van der Waals surface area contributed by atoms with Crippen LogP contribution in [0.2, 0.25) is 0 Å². The summed E-state index contributed by atoms with van der Waals surface area (Å²) < 4.78 is 31.4. The minimum Gasteiger partial charge on any atom is -0.361 e. The molecule has 128 valence electrons. The van der Waals surface area contributed by atoms with Crippen LogP contribution in [0.15, 0.2) is 22.7 Å². The van der Waals surface area contributed by atoms with Crippen molar-refractivity contribution in [3.8, 4) is 0 Å². The van der Waals surface area contributed by atoms with E-state index in [9.17, 15) is 13.6 Å². The number of hydrogen-bond acceptors (Lipinski definition) is 4. The first-order chi connectivity index (χ1) is 11.5. The minimum absolute atomic E-state index is 0.174. The Balaban J connectivity index is 1.60. The predicted octanol–water partition coefficient (Wildman–Crippen LogP) is 2.53. The highest BCUT2D eigenvalue weighted by molar-refractivity contribution is 5.94. The molecule has 1 aliphatic heterocycles. The van der Waals surface area contributed by atoms with Gasteiger partial charge in [0.25, 0.3) is 5.91 Å². The van der Waals surface area contributed by atoms with Gasteiger partial charge in [-0.2, -0.15) is 0 Å². The zero-order chi connectivity index (χ0) is 17.3. The second-order valence-corrected chi connectivity index (χ2v) is 6.00. The molecule has 0 saturated carbocycles. The van der Waals surface area contributed by atoms with E-state index in [-0.39, 0.29) is 11.5 Å². The molecule has 1 aliphatic rings. The molecular weight excluding hydrogens is 316 g/mol. The van der Waals surface area contributed by atoms with Crippen molar-refractivity contribution in [2.75, 3.05) is 26.2 Å². The molecule has 0 unspecified atom stereocenters. The lowest BCUT2D eigenvalue weighted by atomic mass is 10.1. The van der Waals surface area contributed by atoms with E-state index in [2.05, 4.69) is 10.1 Å². The molecule has 0 radical (unpaired) electrons. The van der Waals surface area contributed by atoms with Crippen molar-refractivity contribution < 1.29 is 18.1 Å². The summed E-state index contributed by atoms with van der Waals surface area (Å²) in [7, 11) is 0. The zero-order valence-electron chi connectivity index (χ0n) is 13.7. The summed E-state index contributed by atoms with van der Waals surface area (Å²) in [5.74, 6) is -1.41. The monoisotopic (exact) mass is 335 g/mol. The van der Waals surface area contributed by atoms with Crippen molar-refractivity contribution in [1.82, 2.24) is 15.0 Å². The molecule has 24 heavy (non-hydrogen) atoms. The Morgan fingerprint density at radius 1 is 1.17 bits per heavy atom. The maximum Gasteiger partial charge on any atom is 0.254 e. The van der Waals surface area contributed by atoms with Crippen LogP contribution in [0.1, 0.15) is 27.4 Å². The molecule has 1 aromatic heterocycles. The third kappa shape index (κ3) is 3.31. The van der Waals surface area contributed by atoms with Crippen LogP contribution in [0, 0.1) is 25.5 Å². The highest BCUT2D eigenvalue weighted by Gasteiger charge is 2.24. The lowest BCUT2D eigenvalue weighted by Crippen LogP contribution is -2.48. The van der Waals surface area contributed by atoms with Gasteiger partial charge in [0.05, 0.1) is 5.69 Å². The van der Waals surface area contributed by atoms with E-state index in [4.69, 9.17) is 4.52 Å². The van der Waals surface area contributed by atoms with Gasteiger partial charge in [-0.15, -0.1) is 0 Å². The van der Waals surface area contributed by atoms with E-state index in [1.54, 1.807) is 4.90 Å². The normalized spacial score (nSPS) is 15.8. The van der Waals surface area contributed by atoms with E-state index < -0.39 is 11.6 Å². The number of halogens is 2. The van der Waals surface area contributed by atoms with Gasteiger partial charge in [-0.3, -0.25) is 9.69 Å². The Bertz CT molecular complexity index is 733. The highest BCUT2D eigenvalue weighted by atomic mass is 19.2. The van der Waals surface area contributed by atoms with Crippen molar-refractivity contribution in [3.63, 3.8) is 0 Å². The van der Waals surface area contributed by atoms with Crippen LogP contribution in [-0.4, -0.2) is 47.0 Å². The Hall–Kier alpha value is -2.28. The molecule has 1 saturated heterocycles. The molecule has 7 heteroatoms. The van der Waals surface area contributed by atoms with Gasteiger partial charge in [0.1, 0.15) is 5.76 Å². The third-order valence-electron chi connectivity index (χ3n) is 4.39. The predicted molar refractivity (Wildman–Crippen MR) is 83.5 cm³/mol. The number of rotatable bonds is 3. The van der Waals surface area contributed by atoms with Crippen LogP contribution in [0.4, 0.5) is 8.78 Å². The van der Waals surface area contributed by atoms with Crippen LogP contribution in [0.3, 0.4) is 0 Å². The van der Waals surface area contributed by atoms with Gasteiger partial charge in [-0.05, 0) is 32.0 Å². The summed E-state index contributed by atoms with van der Waals surface area (Å²) in [6.07, 6.45) is 0. The molecule has 1 aromatic carbocycles. The van der Waals surface area contributed by atoms with E-state index >= 15 is 0 Å². The first kappa shape index (κ1) is 16.6. The van der Waals surface area contributed by atoms with Crippen molar-refractivity contribution in [2.24, 2.45) is 0 Å². The fourth-order valence-electron chi connectivity index (χ4n) is 2.87. The van der Waals surface area contributed by atoms with Gasteiger partial charge in [-0.1, -0.05) is 5.16 Å². The standard InChI is InChI=1S/C17H19F2N3O2/c1-11-14(12(2)24-20-11)10-21-5-7-22(8-6-21)17(23)13-3-4-15(18)16(19)9-13/h3-4,9H,5-8,10H2,1-2H3. The summed E-state index contributed by atoms with van der Waals surface area (Å²) in [6.45, 7) is 7.03. The van der Waals surface area contributed by atoms with E-state index in [1.165, 1.54) is 6.07 Å². The average Bonchev–Trinajstić information content (AvgIpc) is 2.89. The summed E-state index contributed by atoms with van der Waals surface area (Å²) in [4.78, 5) is 16.3.